The van der Waals surface area contributed by atoms with E-state index in [0.29, 0.717) is 47.1 Å². The number of thiazole rings is 1. The lowest BCUT2D eigenvalue weighted by Crippen LogP contribution is -2.36. The summed E-state index contributed by atoms with van der Waals surface area (Å²) in [5.74, 6) is -3.23. The maximum Gasteiger partial charge on any atom is 0.410 e. The van der Waals surface area contributed by atoms with E-state index in [1.165, 1.54) is 29.7 Å². The van der Waals surface area contributed by atoms with E-state index in [9.17, 15) is 22.0 Å². The van der Waals surface area contributed by atoms with Crippen LogP contribution in [0.1, 0.15) is 44.7 Å². The Hall–Kier alpha value is -4.24. The minimum atomic E-state index is -4.71. The van der Waals surface area contributed by atoms with Gasteiger partial charge >= 0.3 is 6.09 Å². The molecule has 0 aliphatic carbocycles. The smallest absolute Gasteiger partial charge is 0.410 e. The number of hydrogen-bond acceptors (Lipinski definition) is 9. The van der Waals surface area contributed by atoms with Crippen LogP contribution in [-0.4, -0.2) is 46.5 Å². The van der Waals surface area contributed by atoms with E-state index in [1.54, 1.807) is 31.7 Å². The largest absolute Gasteiger partial charge is 0.444 e. The topological polar surface area (TPSA) is 140 Å². The molecular weight excluding hydrogens is 605 g/mol. The molecule has 0 saturated carbocycles. The molecule has 1 unspecified atom stereocenters. The fourth-order valence-corrected chi connectivity index (χ4v) is 6.92. The molecule has 10 nitrogen and oxygen atoms in total. The van der Waals surface area contributed by atoms with Gasteiger partial charge in [0.15, 0.2) is 5.82 Å². The third-order valence-electron chi connectivity index (χ3n) is 6.40. The molecule has 4 aromatic rings. The van der Waals surface area contributed by atoms with Gasteiger partial charge in [-0.15, -0.1) is 11.3 Å². The van der Waals surface area contributed by atoms with Crippen molar-refractivity contribution in [2.45, 2.75) is 50.2 Å². The van der Waals surface area contributed by atoms with Gasteiger partial charge in [0.25, 0.3) is 10.0 Å². The van der Waals surface area contributed by atoms with Crippen molar-refractivity contribution in [2.75, 3.05) is 17.0 Å². The number of rotatable bonds is 6. The van der Waals surface area contributed by atoms with E-state index >= 15 is 4.39 Å². The van der Waals surface area contributed by atoms with Gasteiger partial charge in [-0.3, -0.25) is 9.62 Å². The van der Waals surface area contributed by atoms with Crippen LogP contribution in [0.15, 0.2) is 53.6 Å². The highest BCUT2D eigenvalue weighted by Gasteiger charge is 2.36. The third kappa shape index (κ3) is 6.41. The van der Waals surface area contributed by atoms with Gasteiger partial charge in [0.05, 0.1) is 28.0 Å². The van der Waals surface area contributed by atoms with E-state index < -0.39 is 55.8 Å². The van der Waals surface area contributed by atoms with Gasteiger partial charge < -0.3 is 10.5 Å². The number of anilines is 2. The summed E-state index contributed by atoms with van der Waals surface area (Å²) in [5.41, 5.74) is 4.94. The normalized spacial score (nSPS) is 15.5. The fraction of sp³-hybridized carbons (Fsp3) is 0.286. The van der Waals surface area contributed by atoms with Crippen molar-refractivity contribution >= 4 is 39.1 Å². The van der Waals surface area contributed by atoms with Gasteiger partial charge in [-0.1, -0.05) is 6.07 Å². The highest BCUT2D eigenvalue weighted by molar-refractivity contribution is 7.92. The van der Waals surface area contributed by atoms with Gasteiger partial charge in [-0.05, 0) is 70.0 Å². The number of ether oxygens (including phenoxy) is 1. The maximum atomic E-state index is 16.1. The number of nitrogens with one attached hydrogen (secondary N) is 1. The van der Waals surface area contributed by atoms with Gasteiger partial charge in [0.1, 0.15) is 27.1 Å². The highest BCUT2D eigenvalue weighted by Crippen LogP contribution is 2.44. The number of nitrogens with two attached hydrogens (primary N) is 1. The van der Waals surface area contributed by atoms with Gasteiger partial charge in [-0.2, -0.15) is 0 Å². The lowest BCUT2D eigenvalue weighted by Gasteiger charge is -2.27. The predicted molar refractivity (Wildman–Crippen MR) is 155 cm³/mol. The SMILES string of the molecule is CC(C)(C)OC(=O)N1CCCC1c1nc(-c2cccc(NS(=O)(=O)c3cc(F)ccc3F)c2F)c(-c2ccnc(N)n2)s1. The molecule has 1 fully saturated rings. The zero-order chi connectivity index (χ0) is 31.1. The molecule has 3 N–H and O–H groups in total. The molecule has 0 radical (unpaired) electrons. The number of benzene rings is 2. The van der Waals surface area contributed by atoms with E-state index in [-0.39, 0.29) is 17.2 Å². The molecule has 1 atom stereocenters. The summed E-state index contributed by atoms with van der Waals surface area (Å²) >= 11 is 1.18. The fourth-order valence-electron chi connectivity index (χ4n) is 4.57. The average Bonchev–Trinajstić information content (AvgIpc) is 3.58. The first-order valence-corrected chi connectivity index (χ1v) is 15.4. The summed E-state index contributed by atoms with van der Waals surface area (Å²) in [6.45, 7) is 5.73. The molecule has 0 spiro atoms. The first kappa shape index (κ1) is 30.2. The minimum Gasteiger partial charge on any atom is -0.444 e. The highest BCUT2D eigenvalue weighted by atomic mass is 32.2. The van der Waals surface area contributed by atoms with Crippen LogP contribution in [0.2, 0.25) is 0 Å². The molecule has 0 bridgehead atoms. The number of halogens is 3. The molecule has 2 aromatic carbocycles. The van der Waals surface area contributed by atoms with Crippen LogP contribution >= 0.6 is 11.3 Å². The quantitative estimate of drug-likeness (QED) is 0.258. The second kappa shape index (κ2) is 11.4. The first-order chi connectivity index (χ1) is 20.2. The summed E-state index contributed by atoms with van der Waals surface area (Å²) in [5, 5.41) is 0.484. The predicted octanol–water partition coefficient (Wildman–Crippen LogP) is 6.14. The summed E-state index contributed by atoms with van der Waals surface area (Å²) in [6, 6.07) is 6.95. The monoisotopic (exact) mass is 632 g/mol. The minimum absolute atomic E-state index is 0.0336. The van der Waals surface area contributed by atoms with Crippen LogP contribution in [0.3, 0.4) is 0 Å². The van der Waals surface area contributed by atoms with E-state index in [4.69, 9.17) is 15.5 Å². The van der Waals surface area contributed by atoms with Crippen molar-refractivity contribution in [1.82, 2.24) is 19.9 Å². The number of nitrogens with zero attached hydrogens (tertiary/aromatic N) is 4. The Labute approximate surface area is 249 Å². The van der Waals surface area contributed by atoms with Crippen molar-refractivity contribution in [2.24, 2.45) is 0 Å². The molecular formula is C28H27F3N6O4S2. The van der Waals surface area contributed by atoms with Crippen LogP contribution in [0.5, 0.6) is 0 Å². The van der Waals surface area contributed by atoms with Crippen molar-refractivity contribution in [3.63, 3.8) is 0 Å². The second-order valence-corrected chi connectivity index (χ2v) is 13.4. The van der Waals surface area contributed by atoms with Crippen molar-refractivity contribution in [3.8, 4) is 21.8 Å². The zero-order valence-corrected chi connectivity index (χ0v) is 24.9. The molecule has 1 amide bonds. The molecule has 1 aliphatic rings. The van der Waals surface area contributed by atoms with Gasteiger partial charge in [0, 0.05) is 18.3 Å². The van der Waals surface area contributed by atoms with Crippen molar-refractivity contribution < 1.29 is 31.1 Å². The molecule has 2 aromatic heterocycles. The van der Waals surface area contributed by atoms with Crippen molar-refractivity contribution in [3.05, 3.63) is 71.1 Å². The number of aromatic nitrogens is 3. The van der Waals surface area contributed by atoms with Crippen molar-refractivity contribution in [1.29, 1.82) is 0 Å². The Kier molecular flexibility index (Phi) is 8.05. The average molecular weight is 633 g/mol. The summed E-state index contributed by atoms with van der Waals surface area (Å²) in [4.78, 5) is 26.9. The van der Waals surface area contributed by atoms with E-state index in [2.05, 4.69) is 9.97 Å². The maximum absolute atomic E-state index is 16.1. The number of sulfonamides is 1. The Bertz CT molecular complexity index is 1810. The Morgan fingerprint density at radius 1 is 1.14 bits per heavy atom. The molecule has 5 rings (SSSR count). The second-order valence-electron chi connectivity index (χ2n) is 10.7. The first-order valence-electron chi connectivity index (χ1n) is 13.1. The van der Waals surface area contributed by atoms with Gasteiger partial charge in [-0.25, -0.2) is 41.3 Å². The number of nitrogen functional groups attached to an aromatic ring is 1. The molecule has 43 heavy (non-hydrogen) atoms. The van der Waals surface area contributed by atoms with Gasteiger partial charge in [0.2, 0.25) is 5.95 Å². The molecule has 3 heterocycles. The van der Waals surface area contributed by atoms with Crippen LogP contribution in [0.25, 0.3) is 21.8 Å². The Balaban J connectivity index is 1.59. The number of amides is 1. The number of carbonyl (C=O) groups is 1. The number of hydrogen-bond donors (Lipinski definition) is 2. The Morgan fingerprint density at radius 2 is 1.91 bits per heavy atom. The molecule has 15 heteroatoms. The third-order valence-corrected chi connectivity index (χ3v) is 8.96. The number of carbonyl (C=O) groups excluding carboxylic acids is 1. The number of likely N-dealkylation sites (tertiary alicyclic amines) is 1. The van der Waals surface area contributed by atoms with E-state index in [0.717, 1.165) is 12.1 Å². The van der Waals surface area contributed by atoms with Crippen LogP contribution in [0, 0.1) is 17.5 Å². The van der Waals surface area contributed by atoms with Crippen LogP contribution in [0.4, 0.5) is 29.6 Å². The lowest BCUT2D eigenvalue weighted by molar-refractivity contribution is 0.0224. The van der Waals surface area contributed by atoms with Crippen LogP contribution < -0.4 is 10.5 Å². The lowest BCUT2D eigenvalue weighted by atomic mass is 10.1. The summed E-state index contributed by atoms with van der Waals surface area (Å²) < 4.78 is 77.4. The summed E-state index contributed by atoms with van der Waals surface area (Å²) in [6.07, 6.45) is 2.19. The Morgan fingerprint density at radius 3 is 2.63 bits per heavy atom. The molecule has 1 aliphatic heterocycles. The van der Waals surface area contributed by atoms with E-state index in [1.807, 2.05) is 4.72 Å². The summed E-state index contributed by atoms with van der Waals surface area (Å²) in [7, 11) is -4.71. The molecule has 1 saturated heterocycles. The van der Waals surface area contributed by atoms with Crippen LogP contribution in [-0.2, 0) is 14.8 Å². The molecule has 226 valence electrons. The standard InChI is InChI=1S/C28H27F3N6O4S2/c1-28(2,3)41-27(38)37-13-5-8-20(37)25-35-23(24(42-25)19-11-12-33-26(32)34-19)16-6-4-7-18(22(16)31)36-43(39,40)21-14-15(29)9-10-17(21)30/h4,6-7,9-12,14,20,36H,5,8,13H2,1-3H3,(H2,32,33,34). The zero-order valence-electron chi connectivity index (χ0n) is 23.3.